The summed E-state index contributed by atoms with van der Waals surface area (Å²) in [5.41, 5.74) is 2.00. The van der Waals surface area contributed by atoms with Crippen molar-refractivity contribution < 1.29 is 23.9 Å². The van der Waals surface area contributed by atoms with Gasteiger partial charge >= 0.3 is 6.03 Å². The van der Waals surface area contributed by atoms with Crippen LogP contribution in [0, 0.1) is 10.1 Å². The molecule has 0 radical (unpaired) electrons. The molecule has 11 heteroatoms. The summed E-state index contributed by atoms with van der Waals surface area (Å²) < 4.78 is 16.2. The van der Waals surface area contributed by atoms with E-state index >= 15 is 0 Å². The maximum Gasteiger partial charge on any atom is 0.324 e. The average molecular weight is 463 g/mol. The van der Waals surface area contributed by atoms with Crippen LogP contribution in [0.15, 0.2) is 60.7 Å². The summed E-state index contributed by atoms with van der Waals surface area (Å²) in [4.78, 5) is 22.9. The number of aromatic nitrogens is 2. The number of fused-ring (bicyclic) bond motifs is 1. The van der Waals surface area contributed by atoms with E-state index in [1.165, 1.54) is 26.4 Å². The van der Waals surface area contributed by atoms with Crippen LogP contribution in [-0.2, 0) is 6.61 Å². The first kappa shape index (κ1) is 22.4. The second kappa shape index (κ2) is 9.77. The van der Waals surface area contributed by atoms with Gasteiger partial charge in [-0.05, 0) is 35.9 Å². The highest BCUT2D eigenvalue weighted by Gasteiger charge is 2.12. The molecule has 34 heavy (non-hydrogen) atoms. The number of ether oxygens (including phenoxy) is 3. The number of nitro groups is 1. The maximum atomic E-state index is 12.6. The number of aromatic amines is 1. The van der Waals surface area contributed by atoms with E-state index in [1.807, 2.05) is 0 Å². The number of nitro benzene ring substituents is 1. The Hall–Kier alpha value is -4.80. The second-order valence-corrected chi connectivity index (χ2v) is 7.17. The number of hydrogen-bond donors (Lipinski definition) is 3. The van der Waals surface area contributed by atoms with Crippen LogP contribution in [0.5, 0.6) is 17.2 Å². The van der Waals surface area contributed by atoms with Crippen molar-refractivity contribution in [2.75, 3.05) is 24.9 Å². The largest absolute Gasteiger partial charge is 0.497 e. The SMILES string of the molecule is COc1cc(NC(=O)Nc2n[nH]c3ccc(OCc4ccc([N+](=O)[O-])cc4)cc23)cc(OC)c1. The molecule has 0 saturated carbocycles. The lowest BCUT2D eigenvalue weighted by Crippen LogP contribution is -2.19. The monoisotopic (exact) mass is 463 g/mol. The number of amides is 2. The van der Waals surface area contributed by atoms with E-state index in [1.54, 1.807) is 48.5 Å². The fourth-order valence-corrected chi connectivity index (χ4v) is 3.21. The number of urea groups is 1. The highest BCUT2D eigenvalue weighted by molar-refractivity contribution is 6.04. The summed E-state index contributed by atoms with van der Waals surface area (Å²) in [5.74, 6) is 1.95. The van der Waals surface area contributed by atoms with Crippen LogP contribution in [0.25, 0.3) is 10.9 Å². The topological polar surface area (TPSA) is 141 Å². The number of carbonyl (C=O) groups excluding carboxylic acids is 1. The zero-order chi connectivity index (χ0) is 24.1. The predicted molar refractivity (Wildman–Crippen MR) is 126 cm³/mol. The van der Waals surface area contributed by atoms with Crippen LogP contribution >= 0.6 is 0 Å². The minimum Gasteiger partial charge on any atom is -0.497 e. The van der Waals surface area contributed by atoms with Crippen molar-refractivity contribution in [3.63, 3.8) is 0 Å². The molecule has 1 aromatic heterocycles. The van der Waals surface area contributed by atoms with Crippen molar-refractivity contribution in [3.05, 3.63) is 76.3 Å². The number of H-pyrrole nitrogens is 1. The van der Waals surface area contributed by atoms with Crippen molar-refractivity contribution in [2.24, 2.45) is 0 Å². The van der Waals surface area contributed by atoms with Crippen LogP contribution in [-0.4, -0.2) is 35.4 Å². The van der Waals surface area contributed by atoms with Crippen LogP contribution in [0.2, 0.25) is 0 Å². The lowest BCUT2D eigenvalue weighted by atomic mass is 10.2. The normalized spacial score (nSPS) is 10.5. The lowest BCUT2D eigenvalue weighted by molar-refractivity contribution is -0.384. The molecule has 11 nitrogen and oxygen atoms in total. The Morgan fingerprint density at radius 1 is 0.971 bits per heavy atom. The number of anilines is 2. The third-order valence-electron chi connectivity index (χ3n) is 4.93. The molecule has 0 unspecified atom stereocenters. The molecule has 0 aliphatic rings. The van der Waals surface area contributed by atoms with Gasteiger partial charge in [0.1, 0.15) is 23.9 Å². The number of nitrogens with one attached hydrogen (secondary N) is 3. The second-order valence-electron chi connectivity index (χ2n) is 7.17. The molecule has 0 spiro atoms. The van der Waals surface area contributed by atoms with Gasteiger partial charge in [0, 0.05) is 41.4 Å². The standard InChI is InChI=1S/C23H21N5O6/c1-32-18-9-15(10-19(11-18)33-2)24-23(29)25-22-20-12-17(7-8-21(20)26-27-22)34-13-14-3-5-16(6-4-14)28(30)31/h3-12H,13H2,1-2H3,(H3,24,25,26,27,29). The van der Waals surface area contributed by atoms with E-state index in [-0.39, 0.29) is 12.3 Å². The number of nitrogens with zero attached hydrogens (tertiary/aromatic N) is 2. The minimum atomic E-state index is -0.499. The highest BCUT2D eigenvalue weighted by Crippen LogP contribution is 2.28. The van der Waals surface area contributed by atoms with Gasteiger partial charge in [0.15, 0.2) is 5.82 Å². The Bertz CT molecular complexity index is 1310. The minimum absolute atomic E-state index is 0.0185. The fourth-order valence-electron chi connectivity index (χ4n) is 3.21. The van der Waals surface area contributed by atoms with Gasteiger partial charge in [0.05, 0.1) is 24.7 Å². The molecular weight excluding hydrogens is 442 g/mol. The molecule has 174 valence electrons. The fraction of sp³-hybridized carbons (Fsp3) is 0.130. The van der Waals surface area contributed by atoms with Gasteiger partial charge in [-0.1, -0.05) is 0 Å². The summed E-state index contributed by atoms with van der Waals surface area (Å²) >= 11 is 0. The average Bonchev–Trinajstić information content (AvgIpc) is 3.24. The quantitative estimate of drug-likeness (QED) is 0.254. The number of benzene rings is 3. The summed E-state index contributed by atoms with van der Waals surface area (Å²) in [6, 6.07) is 15.9. The van der Waals surface area contributed by atoms with Crippen molar-refractivity contribution in [1.29, 1.82) is 0 Å². The summed E-state index contributed by atoms with van der Waals surface area (Å²) in [5, 5.41) is 23.9. The van der Waals surface area contributed by atoms with E-state index in [0.29, 0.717) is 39.7 Å². The third kappa shape index (κ3) is 5.15. The first-order chi connectivity index (χ1) is 16.4. The van der Waals surface area contributed by atoms with Crippen molar-refractivity contribution >= 4 is 34.1 Å². The Morgan fingerprint density at radius 2 is 1.68 bits per heavy atom. The van der Waals surface area contributed by atoms with Crippen molar-refractivity contribution in [2.45, 2.75) is 6.61 Å². The number of rotatable bonds is 8. The first-order valence-electron chi connectivity index (χ1n) is 10.1. The number of non-ortho nitro benzene ring substituents is 1. The predicted octanol–water partition coefficient (Wildman–Crippen LogP) is 4.71. The van der Waals surface area contributed by atoms with E-state index < -0.39 is 11.0 Å². The molecule has 0 aliphatic carbocycles. The van der Waals surface area contributed by atoms with Gasteiger partial charge < -0.3 is 19.5 Å². The molecule has 1 heterocycles. The Kier molecular flexibility index (Phi) is 6.44. The van der Waals surface area contributed by atoms with Crippen molar-refractivity contribution in [3.8, 4) is 17.2 Å². The molecule has 0 bridgehead atoms. The third-order valence-corrected chi connectivity index (χ3v) is 4.93. The molecule has 3 aromatic carbocycles. The molecule has 0 aliphatic heterocycles. The summed E-state index contributed by atoms with van der Waals surface area (Å²) in [6.45, 7) is 0.224. The zero-order valence-corrected chi connectivity index (χ0v) is 18.3. The zero-order valence-electron chi connectivity index (χ0n) is 18.3. The summed E-state index contributed by atoms with van der Waals surface area (Å²) in [6.07, 6.45) is 0. The van der Waals surface area contributed by atoms with Gasteiger partial charge in [-0.2, -0.15) is 5.10 Å². The highest BCUT2D eigenvalue weighted by atomic mass is 16.6. The van der Waals surface area contributed by atoms with Crippen LogP contribution in [0.1, 0.15) is 5.56 Å². The van der Waals surface area contributed by atoms with Crippen molar-refractivity contribution in [1.82, 2.24) is 10.2 Å². The number of methoxy groups -OCH3 is 2. The van der Waals surface area contributed by atoms with Crippen LogP contribution in [0.4, 0.5) is 22.0 Å². The molecule has 0 fully saturated rings. The Morgan fingerprint density at radius 3 is 2.32 bits per heavy atom. The number of hydrogen-bond acceptors (Lipinski definition) is 7. The van der Waals surface area contributed by atoms with Gasteiger partial charge in [0.25, 0.3) is 5.69 Å². The van der Waals surface area contributed by atoms with E-state index in [4.69, 9.17) is 14.2 Å². The van der Waals surface area contributed by atoms with Gasteiger partial charge in [-0.3, -0.25) is 20.5 Å². The number of carbonyl (C=O) groups is 1. The molecule has 2 amide bonds. The lowest BCUT2D eigenvalue weighted by Gasteiger charge is -2.10. The van der Waals surface area contributed by atoms with E-state index in [0.717, 1.165) is 5.56 Å². The van der Waals surface area contributed by atoms with E-state index in [2.05, 4.69) is 20.8 Å². The Labute approximate surface area is 193 Å². The Balaban J connectivity index is 1.45. The summed E-state index contributed by atoms with van der Waals surface area (Å²) in [7, 11) is 3.05. The van der Waals surface area contributed by atoms with Crippen LogP contribution in [0.3, 0.4) is 0 Å². The molecule has 4 aromatic rings. The molecular formula is C23H21N5O6. The van der Waals surface area contributed by atoms with Crippen LogP contribution < -0.4 is 24.8 Å². The first-order valence-corrected chi connectivity index (χ1v) is 10.1. The van der Waals surface area contributed by atoms with Gasteiger partial charge in [-0.25, -0.2) is 4.79 Å². The smallest absolute Gasteiger partial charge is 0.324 e. The molecule has 4 rings (SSSR count). The molecule has 0 saturated heterocycles. The van der Waals surface area contributed by atoms with Gasteiger partial charge in [-0.15, -0.1) is 0 Å². The molecule has 3 N–H and O–H groups in total. The molecule has 0 atom stereocenters. The van der Waals surface area contributed by atoms with Gasteiger partial charge in [0.2, 0.25) is 0 Å². The maximum absolute atomic E-state index is 12.6. The van der Waals surface area contributed by atoms with E-state index in [9.17, 15) is 14.9 Å².